The minimum absolute atomic E-state index is 0.0757. The number of rotatable bonds is 7. The summed E-state index contributed by atoms with van der Waals surface area (Å²) in [7, 11) is 0. The van der Waals surface area contributed by atoms with Gasteiger partial charge in [-0.15, -0.1) is 5.10 Å². The van der Waals surface area contributed by atoms with E-state index in [-0.39, 0.29) is 17.6 Å². The highest BCUT2D eigenvalue weighted by Crippen LogP contribution is 2.20. The van der Waals surface area contributed by atoms with Gasteiger partial charge in [0.25, 0.3) is 0 Å². The molecule has 6 nitrogen and oxygen atoms in total. The van der Waals surface area contributed by atoms with Crippen LogP contribution >= 0.6 is 0 Å². The van der Waals surface area contributed by atoms with Crippen molar-refractivity contribution in [3.05, 3.63) is 11.9 Å². The Labute approximate surface area is 120 Å². The molecule has 1 N–H and O–H groups in total. The highest BCUT2D eigenvalue weighted by Gasteiger charge is 2.23. The van der Waals surface area contributed by atoms with Crippen LogP contribution < -0.4 is 0 Å². The summed E-state index contributed by atoms with van der Waals surface area (Å²) in [4.78, 5) is 10.5. The smallest absolute Gasteiger partial charge is 0.303 e. The monoisotopic (exact) mass is 283 g/mol. The molecule has 0 atom stereocenters. The van der Waals surface area contributed by atoms with Gasteiger partial charge in [0.1, 0.15) is 0 Å². The molecule has 1 rings (SSSR count). The molecule has 0 fully saturated rings. The summed E-state index contributed by atoms with van der Waals surface area (Å²) in [5.41, 5.74) is 0.349. The number of aryl methyl sites for hydroxylation is 1. The maximum absolute atomic E-state index is 10.5. The Morgan fingerprint density at radius 3 is 2.55 bits per heavy atom. The molecule has 0 aliphatic rings. The Bertz CT molecular complexity index is 447. The molecule has 1 heterocycles. The van der Waals surface area contributed by atoms with Gasteiger partial charge >= 0.3 is 5.97 Å². The van der Waals surface area contributed by atoms with Crippen molar-refractivity contribution in [1.82, 2.24) is 15.0 Å². The Kier molecular flexibility index (Phi) is 5.28. The third kappa shape index (κ3) is 5.69. The van der Waals surface area contributed by atoms with Crippen LogP contribution in [0, 0.1) is 0 Å². The minimum Gasteiger partial charge on any atom is -0.481 e. The SMILES string of the molecule is CC(C)(C)OCCC(C)(C)n1cc(CCC(=O)O)nn1. The van der Waals surface area contributed by atoms with E-state index in [1.807, 2.05) is 27.0 Å². The van der Waals surface area contributed by atoms with E-state index in [1.165, 1.54) is 0 Å². The lowest BCUT2D eigenvalue weighted by Gasteiger charge is -2.27. The number of aromatic nitrogens is 3. The van der Waals surface area contributed by atoms with E-state index in [0.717, 1.165) is 6.42 Å². The first-order valence-electron chi connectivity index (χ1n) is 6.88. The van der Waals surface area contributed by atoms with Crippen molar-refractivity contribution in [2.75, 3.05) is 6.61 Å². The highest BCUT2D eigenvalue weighted by molar-refractivity contribution is 5.66. The van der Waals surface area contributed by atoms with Crippen LogP contribution in [0.4, 0.5) is 0 Å². The second-order valence-corrected chi connectivity index (χ2v) is 6.57. The van der Waals surface area contributed by atoms with Crippen molar-refractivity contribution in [3.63, 3.8) is 0 Å². The van der Waals surface area contributed by atoms with Crippen LogP contribution in [0.5, 0.6) is 0 Å². The van der Waals surface area contributed by atoms with Gasteiger partial charge in [0.15, 0.2) is 0 Å². The van der Waals surface area contributed by atoms with Crippen LogP contribution in [-0.2, 0) is 21.5 Å². The van der Waals surface area contributed by atoms with E-state index in [4.69, 9.17) is 9.84 Å². The first-order chi connectivity index (χ1) is 9.10. The molecule has 0 aliphatic heterocycles. The summed E-state index contributed by atoms with van der Waals surface area (Å²) in [5, 5.41) is 16.8. The van der Waals surface area contributed by atoms with E-state index < -0.39 is 5.97 Å². The molecule has 0 bridgehead atoms. The number of hydrogen-bond donors (Lipinski definition) is 1. The van der Waals surface area contributed by atoms with Crippen LogP contribution in [0.25, 0.3) is 0 Å². The zero-order chi connectivity index (χ0) is 15.4. The van der Waals surface area contributed by atoms with E-state index in [0.29, 0.717) is 18.7 Å². The van der Waals surface area contributed by atoms with Gasteiger partial charge in [-0.1, -0.05) is 5.21 Å². The maximum atomic E-state index is 10.5. The predicted octanol–water partition coefficient (Wildman–Crippen LogP) is 2.24. The fourth-order valence-electron chi connectivity index (χ4n) is 1.67. The van der Waals surface area contributed by atoms with E-state index in [2.05, 4.69) is 24.2 Å². The normalized spacial score (nSPS) is 12.7. The summed E-state index contributed by atoms with van der Waals surface area (Å²) < 4.78 is 7.52. The Morgan fingerprint density at radius 2 is 2.00 bits per heavy atom. The van der Waals surface area contributed by atoms with Crippen molar-refractivity contribution in [1.29, 1.82) is 0 Å². The molecule has 0 saturated heterocycles. The van der Waals surface area contributed by atoms with E-state index in [9.17, 15) is 4.79 Å². The molecular weight excluding hydrogens is 258 g/mol. The molecule has 1 aromatic rings. The quantitative estimate of drug-likeness (QED) is 0.830. The number of ether oxygens (including phenoxy) is 1. The van der Waals surface area contributed by atoms with Gasteiger partial charge in [-0.3, -0.25) is 4.79 Å². The van der Waals surface area contributed by atoms with Crippen molar-refractivity contribution in [3.8, 4) is 0 Å². The summed E-state index contributed by atoms with van der Waals surface area (Å²) in [6.45, 7) is 10.8. The first kappa shape index (κ1) is 16.6. The fraction of sp³-hybridized carbons (Fsp3) is 0.786. The fourth-order valence-corrected chi connectivity index (χ4v) is 1.67. The van der Waals surface area contributed by atoms with Crippen molar-refractivity contribution < 1.29 is 14.6 Å². The number of aliphatic carboxylic acids is 1. The number of carbonyl (C=O) groups is 1. The third-order valence-electron chi connectivity index (χ3n) is 3.00. The minimum atomic E-state index is -0.822. The van der Waals surface area contributed by atoms with Gasteiger partial charge in [-0.2, -0.15) is 0 Å². The molecule has 0 spiro atoms. The van der Waals surface area contributed by atoms with Crippen LogP contribution in [0.15, 0.2) is 6.20 Å². The molecular formula is C14H25N3O3. The molecule has 0 amide bonds. The van der Waals surface area contributed by atoms with Crippen LogP contribution in [0.1, 0.15) is 53.2 Å². The second kappa shape index (κ2) is 6.35. The molecule has 0 radical (unpaired) electrons. The number of nitrogens with zero attached hydrogens (tertiary/aromatic N) is 3. The molecule has 0 aromatic carbocycles. The van der Waals surface area contributed by atoms with Gasteiger partial charge < -0.3 is 9.84 Å². The summed E-state index contributed by atoms with van der Waals surface area (Å²) in [5.74, 6) is -0.822. The third-order valence-corrected chi connectivity index (χ3v) is 3.00. The Hall–Kier alpha value is -1.43. The van der Waals surface area contributed by atoms with Gasteiger partial charge in [0.2, 0.25) is 0 Å². The topological polar surface area (TPSA) is 77.2 Å². The van der Waals surface area contributed by atoms with E-state index in [1.54, 1.807) is 4.68 Å². The van der Waals surface area contributed by atoms with Crippen molar-refractivity contribution in [2.45, 2.75) is 65.0 Å². The number of carboxylic acids is 1. The Morgan fingerprint density at radius 1 is 1.35 bits per heavy atom. The maximum Gasteiger partial charge on any atom is 0.303 e. The lowest BCUT2D eigenvalue weighted by molar-refractivity contribution is -0.136. The molecule has 6 heteroatoms. The average molecular weight is 283 g/mol. The molecule has 114 valence electrons. The standard InChI is InChI=1S/C14H25N3O3/c1-13(2,3)20-9-8-14(4,5)17-10-11(15-16-17)6-7-12(18)19/h10H,6-9H2,1-5H3,(H,18,19). The van der Waals surface area contributed by atoms with Crippen molar-refractivity contribution in [2.24, 2.45) is 0 Å². The van der Waals surface area contributed by atoms with Crippen molar-refractivity contribution >= 4 is 5.97 Å². The van der Waals surface area contributed by atoms with Gasteiger partial charge in [0.05, 0.1) is 23.3 Å². The lowest BCUT2D eigenvalue weighted by Crippen LogP contribution is -2.30. The molecule has 20 heavy (non-hydrogen) atoms. The first-order valence-corrected chi connectivity index (χ1v) is 6.88. The van der Waals surface area contributed by atoms with Gasteiger partial charge in [0, 0.05) is 19.2 Å². The molecule has 1 aromatic heterocycles. The summed E-state index contributed by atoms with van der Waals surface area (Å²) in [6.07, 6.45) is 3.11. The van der Waals surface area contributed by atoms with Gasteiger partial charge in [-0.05, 0) is 41.0 Å². The zero-order valence-electron chi connectivity index (χ0n) is 13.0. The van der Waals surface area contributed by atoms with E-state index >= 15 is 0 Å². The lowest BCUT2D eigenvalue weighted by atomic mass is 10.0. The number of carboxylic acid groups (broad SMARTS) is 1. The molecule has 0 saturated carbocycles. The average Bonchev–Trinajstić information content (AvgIpc) is 2.73. The number of hydrogen-bond acceptors (Lipinski definition) is 4. The summed E-state index contributed by atoms with van der Waals surface area (Å²) >= 11 is 0. The highest BCUT2D eigenvalue weighted by atomic mass is 16.5. The summed E-state index contributed by atoms with van der Waals surface area (Å²) in [6, 6.07) is 0. The predicted molar refractivity (Wildman–Crippen MR) is 75.6 cm³/mol. The molecule has 0 aliphatic carbocycles. The largest absolute Gasteiger partial charge is 0.481 e. The van der Waals surface area contributed by atoms with Crippen LogP contribution in [-0.4, -0.2) is 38.3 Å². The van der Waals surface area contributed by atoms with Crippen LogP contribution in [0.3, 0.4) is 0 Å². The Balaban J connectivity index is 2.56. The van der Waals surface area contributed by atoms with Crippen LogP contribution in [0.2, 0.25) is 0 Å². The zero-order valence-corrected chi connectivity index (χ0v) is 13.0. The van der Waals surface area contributed by atoms with Gasteiger partial charge in [-0.25, -0.2) is 4.68 Å². The molecule has 0 unspecified atom stereocenters. The second-order valence-electron chi connectivity index (χ2n) is 6.57.